The minimum Gasteiger partial charge on any atom is -0.370 e. The van der Waals surface area contributed by atoms with Gasteiger partial charge in [0.25, 0.3) is 5.56 Å². The number of hydrogen-bond donors (Lipinski definition) is 2. The summed E-state index contributed by atoms with van der Waals surface area (Å²) in [6, 6.07) is 11.2. The average Bonchev–Trinajstić information content (AvgIpc) is 2.41. The first-order valence-electron chi connectivity index (χ1n) is 6.23. The Hall–Kier alpha value is -2.34. The zero-order valence-electron chi connectivity index (χ0n) is 11.7. The summed E-state index contributed by atoms with van der Waals surface area (Å²) in [5.41, 5.74) is 13.0. The maximum Gasteiger partial charge on any atom is 0.267 e. The lowest BCUT2D eigenvalue weighted by Crippen LogP contribution is -2.26. The van der Waals surface area contributed by atoms with Gasteiger partial charge in [-0.05, 0) is 18.1 Å². The molecular weight excluding hydrogens is 290 g/mol. The highest BCUT2D eigenvalue weighted by Crippen LogP contribution is 2.04. The topological polar surface area (TPSA) is 99.3 Å². The minimum atomic E-state index is -0.139. The van der Waals surface area contributed by atoms with Crippen LogP contribution in [0.1, 0.15) is 16.8 Å². The molecule has 0 saturated heterocycles. The fraction of sp³-hybridized carbons (Fsp3) is 0.214. The van der Waals surface area contributed by atoms with Crippen LogP contribution in [0.3, 0.4) is 0 Å². The molecule has 6 nitrogen and oxygen atoms in total. The molecule has 21 heavy (non-hydrogen) atoms. The summed E-state index contributed by atoms with van der Waals surface area (Å²) >= 11 is 0. The summed E-state index contributed by atoms with van der Waals surface area (Å²) in [6.45, 7) is 2.51. The van der Waals surface area contributed by atoms with Crippen LogP contribution in [-0.2, 0) is 13.1 Å². The van der Waals surface area contributed by atoms with E-state index >= 15 is 0 Å². The molecule has 0 atom stereocenters. The van der Waals surface area contributed by atoms with Gasteiger partial charge in [-0.25, -0.2) is 9.67 Å². The molecule has 1 aromatic heterocycles. The van der Waals surface area contributed by atoms with E-state index in [1.54, 1.807) is 6.07 Å². The molecule has 0 fully saturated rings. The maximum absolute atomic E-state index is 11.9. The molecule has 1 aromatic carbocycles. The highest BCUT2D eigenvalue weighted by Gasteiger charge is 2.06. The SMILES string of the molecule is Cc1cc(=O)n(Cc2ccccc2)nc1CN=C(N)N.Cl. The molecule has 2 aromatic rings. The van der Waals surface area contributed by atoms with Gasteiger partial charge in [-0.15, -0.1) is 12.4 Å². The molecule has 0 aliphatic carbocycles. The van der Waals surface area contributed by atoms with Crippen molar-refractivity contribution < 1.29 is 0 Å². The van der Waals surface area contributed by atoms with E-state index in [9.17, 15) is 4.79 Å². The number of hydrogen-bond acceptors (Lipinski definition) is 3. The van der Waals surface area contributed by atoms with Gasteiger partial charge in [0.05, 0.1) is 18.8 Å². The molecule has 0 amide bonds. The number of halogens is 1. The van der Waals surface area contributed by atoms with Crippen molar-refractivity contribution in [1.82, 2.24) is 9.78 Å². The van der Waals surface area contributed by atoms with Crippen molar-refractivity contribution in [3.63, 3.8) is 0 Å². The van der Waals surface area contributed by atoms with E-state index < -0.39 is 0 Å². The smallest absolute Gasteiger partial charge is 0.267 e. The van der Waals surface area contributed by atoms with Crippen LogP contribution in [0.25, 0.3) is 0 Å². The first-order chi connectivity index (χ1) is 9.56. The number of guanidine groups is 1. The van der Waals surface area contributed by atoms with Gasteiger partial charge in [-0.3, -0.25) is 4.79 Å². The summed E-state index contributed by atoms with van der Waals surface area (Å²) in [7, 11) is 0. The number of aliphatic imine (C=N–C) groups is 1. The number of nitrogens with zero attached hydrogens (tertiary/aromatic N) is 3. The Kier molecular flexibility index (Phi) is 5.92. The zero-order chi connectivity index (χ0) is 14.5. The normalized spacial score (nSPS) is 9.76. The van der Waals surface area contributed by atoms with E-state index in [2.05, 4.69) is 10.1 Å². The predicted molar refractivity (Wildman–Crippen MR) is 85.5 cm³/mol. The van der Waals surface area contributed by atoms with Gasteiger partial charge in [-0.1, -0.05) is 30.3 Å². The Morgan fingerprint density at radius 1 is 1.29 bits per heavy atom. The average molecular weight is 308 g/mol. The van der Waals surface area contributed by atoms with Crippen LogP contribution in [0.4, 0.5) is 0 Å². The van der Waals surface area contributed by atoms with Crippen LogP contribution < -0.4 is 17.0 Å². The summed E-state index contributed by atoms with van der Waals surface area (Å²) < 4.78 is 1.42. The molecule has 4 N–H and O–H groups in total. The van der Waals surface area contributed by atoms with Crippen LogP contribution in [0.5, 0.6) is 0 Å². The molecule has 2 rings (SSSR count). The van der Waals surface area contributed by atoms with Crippen molar-refractivity contribution >= 4 is 18.4 Å². The molecule has 0 unspecified atom stereocenters. The molecule has 0 spiro atoms. The quantitative estimate of drug-likeness (QED) is 0.644. The number of aryl methyl sites for hydroxylation is 1. The van der Waals surface area contributed by atoms with Crippen LogP contribution in [0.2, 0.25) is 0 Å². The maximum atomic E-state index is 11.9. The largest absolute Gasteiger partial charge is 0.370 e. The Balaban J connectivity index is 0.00000220. The van der Waals surface area contributed by atoms with Crippen molar-refractivity contribution in [1.29, 1.82) is 0 Å². The first-order valence-corrected chi connectivity index (χ1v) is 6.23. The fourth-order valence-corrected chi connectivity index (χ4v) is 1.81. The lowest BCUT2D eigenvalue weighted by molar-refractivity contribution is 0.615. The van der Waals surface area contributed by atoms with Crippen LogP contribution in [0.15, 0.2) is 46.2 Å². The van der Waals surface area contributed by atoms with Crippen molar-refractivity contribution in [3.8, 4) is 0 Å². The highest BCUT2D eigenvalue weighted by molar-refractivity contribution is 5.85. The third-order valence-corrected chi connectivity index (χ3v) is 2.88. The second kappa shape index (κ2) is 7.44. The standard InChI is InChI=1S/C14H17N5O.ClH/c1-10-7-13(20)19(9-11-5-3-2-4-6-11)18-12(10)8-17-14(15)16;/h2-7H,8-9H2,1H3,(H4,15,16,17);1H. The first kappa shape index (κ1) is 16.7. The van der Waals surface area contributed by atoms with Gasteiger partial charge in [0, 0.05) is 6.07 Å². The molecule has 0 aliphatic heterocycles. The van der Waals surface area contributed by atoms with E-state index in [1.165, 1.54) is 4.68 Å². The van der Waals surface area contributed by atoms with E-state index in [-0.39, 0.29) is 30.5 Å². The summed E-state index contributed by atoms with van der Waals surface area (Å²) in [4.78, 5) is 15.9. The minimum absolute atomic E-state index is 0. The third kappa shape index (κ3) is 4.61. The van der Waals surface area contributed by atoms with Crippen molar-refractivity contribution in [3.05, 3.63) is 63.6 Å². The Morgan fingerprint density at radius 3 is 2.57 bits per heavy atom. The fourth-order valence-electron chi connectivity index (χ4n) is 1.81. The zero-order valence-corrected chi connectivity index (χ0v) is 12.5. The van der Waals surface area contributed by atoms with Crippen molar-refractivity contribution in [2.24, 2.45) is 16.5 Å². The number of nitrogens with two attached hydrogens (primary N) is 2. The van der Waals surface area contributed by atoms with Gasteiger partial charge in [0.2, 0.25) is 0 Å². The molecule has 7 heteroatoms. The summed E-state index contributed by atoms with van der Waals surface area (Å²) in [5, 5.41) is 4.33. The lowest BCUT2D eigenvalue weighted by Gasteiger charge is -2.08. The summed E-state index contributed by atoms with van der Waals surface area (Å²) in [5.74, 6) is 0.00649. The molecule has 0 saturated carbocycles. The van der Waals surface area contributed by atoms with Gasteiger partial charge < -0.3 is 11.5 Å². The molecule has 0 bridgehead atoms. The molecular formula is C14H18ClN5O. The third-order valence-electron chi connectivity index (χ3n) is 2.88. The van der Waals surface area contributed by atoms with E-state index in [0.717, 1.165) is 11.1 Å². The van der Waals surface area contributed by atoms with Crippen LogP contribution >= 0.6 is 12.4 Å². The number of aromatic nitrogens is 2. The highest BCUT2D eigenvalue weighted by atomic mass is 35.5. The Morgan fingerprint density at radius 2 is 1.95 bits per heavy atom. The van der Waals surface area contributed by atoms with Gasteiger partial charge in [0.1, 0.15) is 0 Å². The Bertz CT molecular complexity index is 678. The van der Waals surface area contributed by atoms with Crippen LogP contribution in [0, 0.1) is 6.92 Å². The second-order valence-electron chi connectivity index (χ2n) is 4.50. The summed E-state index contributed by atoms with van der Waals surface area (Å²) in [6.07, 6.45) is 0. The Labute approximate surface area is 128 Å². The monoisotopic (exact) mass is 307 g/mol. The van der Waals surface area contributed by atoms with Gasteiger partial charge in [0.15, 0.2) is 5.96 Å². The van der Waals surface area contributed by atoms with E-state index in [1.807, 2.05) is 37.3 Å². The van der Waals surface area contributed by atoms with Crippen LogP contribution in [-0.4, -0.2) is 15.7 Å². The van der Waals surface area contributed by atoms with E-state index in [4.69, 9.17) is 11.5 Å². The van der Waals surface area contributed by atoms with Crippen molar-refractivity contribution in [2.75, 3.05) is 0 Å². The second-order valence-corrected chi connectivity index (χ2v) is 4.50. The molecule has 0 aliphatic rings. The number of rotatable bonds is 4. The van der Waals surface area contributed by atoms with Gasteiger partial charge >= 0.3 is 0 Å². The van der Waals surface area contributed by atoms with Crippen molar-refractivity contribution in [2.45, 2.75) is 20.0 Å². The lowest BCUT2D eigenvalue weighted by atomic mass is 10.2. The molecule has 112 valence electrons. The van der Waals surface area contributed by atoms with E-state index in [0.29, 0.717) is 12.2 Å². The number of benzene rings is 1. The molecule has 0 radical (unpaired) electrons. The predicted octanol–water partition coefficient (Wildman–Crippen LogP) is 0.795. The molecule has 1 heterocycles. The van der Waals surface area contributed by atoms with Gasteiger partial charge in [-0.2, -0.15) is 5.10 Å².